The van der Waals surface area contributed by atoms with Gasteiger partial charge in [-0.05, 0) is 12.0 Å². The normalized spacial score (nSPS) is 17.7. The van der Waals surface area contributed by atoms with E-state index in [4.69, 9.17) is 0 Å². The fraction of sp³-hybridized carbons (Fsp3) is 0.312. The Morgan fingerprint density at radius 3 is 2.00 bits per heavy atom. The van der Waals surface area contributed by atoms with Crippen molar-refractivity contribution in [1.82, 2.24) is 0 Å². The zero-order chi connectivity index (χ0) is 17.3. The Balaban J connectivity index is 2.20. The summed E-state index contributed by atoms with van der Waals surface area (Å²) in [6, 6.07) is 8.41. The average Bonchev–Trinajstić information content (AvgIpc) is 2.46. The molecule has 0 N–H and O–H groups in total. The third kappa shape index (κ3) is 3.33. The molecular weight excluding hydrogens is 322 g/mol. The van der Waals surface area contributed by atoms with Gasteiger partial charge in [-0.3, -0.25) is 4.79 Å². The Hall–Kier alpha value is -2.05. The van der Waals surface area contributed by atoms with E-state index in [0.29, 0.717) is 17.7 Å². The first-order chi connectivity index (χ1) is 10.6. The molecule has 0 saturated carbocycles. The van der Waals surface area contributed by atoms with E-state index >= 15 is 0 Å². The summed E-state index contributed by atoms with van der Waals surface area (Å²) in [7, 11) is 0. The number of carbonyl (C=O) groups excluding carboxylic acids is 1. The number of benzene rings is 1. The first-order valence-electron chi connectivity index (χ1n) is 6.67. The van der Waals surface area contributed by atoms with Crippen LogP contribution in [0.15, 0.2) is 54.1 Å². The zero-order valence-electron chi connectivity index (χ0n) is 11.7. The number of rotatable bonds is 3. The molecule has 1 aromatic carbocycles. The molecule has 1 aromatic rings. The number of carbonyl (C=O) groups is 1. The molecule has 124 valence electrons. The second-order valence-corrected chi connectivity index (χ2v) is 5.25. The molecule has 0 aliphatic heterocycles. The van der Waals surface area contributed by atoms with E-state index < -0.39 is 30.0 Å². The maximum absolute atomic E-state index is 12.9. The molecule has 0 saturated heterocycles. The molecule has 7 heteroatoms. The summed E-state index contributed by atoms with van der Waals surface area (Å²) < 4.78 is 77.3. The second-order valence-electron chi connectivity index (χ2n) is 5.25. The van der Waals surface area contributed by atoms with Gasteiger partial charge >= 0.3 is 12.4 Å². The molecule has 0 atom stereocenters. The lowest BCUT2D eigenvalue weighted by molar-refractivity contribution is -0.320. The van der Waals surface area contributed by atoms with Crippen LogP contribution in [-0.2, 0) is 11.2 Å². The van der Waals surface area contributed by atoms with Gasteiger partial charge in [0, 0.05) is 12.0 Å². The van der Waals surface area contributed by atoms with Crippen LogP contribution in [0.3, 0.4) is 0 Å². The molecule has 1 aliphatic carbocycles. The SMILES string of the molecule is O=C(Cc1ccccc1)C1=CCC(C(F)(F)F)(C(F)(F)F)C=C1. The molecule has 2 rings (SSSR count). The van der Waals surface area contributed by atoms with Crippen LogP contribution < -0.4 is 0 Å². The Bertz CT molecular complexity index is 623. The maximum Gasteiger partial charge on any atom is 0.406 e. The van der Waals surface area contributed by atoms with Crippen molar-refractivity contribution in [2.75, 3.05) is 0 Å². The fourth-order valence-corrected chi connectivity index (χ4v) is 2.31. The van der Waals surface area contributed by atoms with Crippen LogP contribution in [0.2, 0.25) is 0 Å². The first-order valence-corrected chi connectivity index (χ1v) is 6.67. The predicted molar refractivity (Wildman–Crippen MR) is 71.5 cm³/mol. The number of ketones is 1. The zero-order valence-corrected chi connectivity index (χ0v) is 11.7. The smallest absolute Gasteiger partial charge is 0.294 e. The van der Waals surface area contributed by atoms with Gasteiger partial charge in [0.25, 0.3) is 0 Å². The maximum atomic E-state index is 12.9. The van der Waals surface area contributed by atoms with Gasteiger partial charge in [-0.15, -0.1) is 0 Å². The number of hydrogen-bond donors (Lipinski definition) is 0. The van der Waals surface area contributed by atoms with E-state index in [2.05, 4.69) is 0 Å². The highest BCUT2D eigenvalue weighted by Gasteiger charge is 2.68. The van der Waals surface area contributed by atoms with E-state index in [0.717, 1.165) is 0 Å². The average molecular weight is 334 g/mol. The van der Waals surface area contributed by atoms with Crippen molar-refractivity contribution < 1.29 is 31.1 Å². The molecular formula is C16H12F6O. The Labute approximate surface area is 128 Å². The quantitative estimate of drug-likeness (QED) is 0.726. The molecule has 1 nitrogen and oxygen atoms in total. The molecule has 0 amide bonds. The third-order valence-corrected chi connectivity index (χ3v) is 3.73. The molecule has 0 spiro atoms. The molecule has 0 heterocycles. The monoisotopic (exact) mass is 334 g/mol. The van der Waals surface area contributed by atoms with Gasteiger partial charge in [0.1, 0.15) is 0 Å². The molecule has 1 aliphatic rings. The third-order valence-electron chi connectivity index (χ3n) is 3.73. The van der Waals surface area contributed by atoms with Gasteiger partial charge in [-0.25, -0.2) is 0 Å². The number of alkyl halides is 6. The largest absolute Gasteiger partial charge is 0.406 e. The fourth-order valence-electron chi connectivity index (χ4n) is 2.31. The number of halogens is 6. The molecule has 0 aromatic heterocycles. The van der Waals surface area contributed by atoms with Crippen LogP contribution in [0.5, 0.6) is 0 Å². The topological polar surface area (TPSA) is 17.1 Å². The van der Waals surface area contributed by atoms with Crippen molar-refractivity contribution in [3.63, 3.8) is 0 Å². The van der Waals surface area contributed by atoms with Crippen molar-refractivity contribution in [3.05, 3.63) is 59.7 Å². The van der Waals surface area contributed by atoms with Crippen molar-refractivity contribution >= 4 is 5.78 Å². The van der Waals surface area contributed by atoms with Gasteiger partial charge in [-0.2, -0.15) is 26.3 Å². The Kier molecular flexibility index (Phi) is 4.41. The molecule has 0 bridgehead atoms. The summed E-state index contributed by atoms with van der Waals surface area (Å²) >= 11 is 0. The van der Waals surface area contributed by atoms with Crippen LogP contribution in [0.4, 0.5) is 26.3 Å². The minimum Gasteiger partial charge on any atom is -0.294 e. The van der Waals surface area contributed by atoms with E-state index in [1.165, 1.54) is 0 Å². The lowest BCUT2D eigenvalue weighted by Gasteiger charge is -2.35. The highest BCUT2D eigenvalue weighted by Crippen LogP contribution is 2.55. The van der Waals surface area contributed by atoms with Gasteiger partial charge in [0.2, 0.25) is 0 Å². The van der Waals surface area contributed by atoms with E-state index in [9.17, 15) is 31.1 Å². The van der Waals surface area contributed by atoms with Gasteiger partial charge in [0.15, 0.2) is 11.2 Å². The number of allylic oxidation sites excluding steroid dienone is 4. The van der Waals surface area contributed by atoms with Gasteiger partial charge < -0.3 is 0 Å². The lowest BCUT2D eigenvalue weighted by atomic mass is 9.77. The van der Waals surface area contributed by atoms with E-state index in [1.54, 1.807) is 30.3 Å². The summed E-state index contributed by atoms with van der Waals surface area (Å²) in [5.41, 5.74) is -3.44. The predicted octanol–water partition coefficient (Wildman–Crippen LogP) is 4.80. The highest BCUT2D eigenvalue weighted by molar-refractivity contribution is 5.99. The summed E-state index contributed by atoms with van der Waals surface area (Å²) in [4.78, 5) is 12.0. The lowest BCUT2D eigenvalue weighted by Crippen LogP contribution is -2.49. The van der Waals surface area contributed by atoms with Crippen molar-refractivity contribution in [2.24, 2.45) is 5.41 Å². The second kappa shape index (κ2) is 5.86. The Morgan fingerprint density at radius 1 is 1.00 bits per heavy atom. The summed E-state index contributed by atoms with van der Waals surface area (Å²) in [6.07, 6.45) is -11.0. The summed E-state index contributed by atoms with van der Waals surface area (Å²) in [5.74, 6) is -0.523. The van der Waals surface area contributed by atoms with Gasteiger partial charge in [-0.1, -0.05) is 48.6 Å². The van der Waals surface area contributed by atoms with E-state index in [1.807, 2.05) is 0 Å². The summed E-state index contributed by atoms with van der Waals surface area (Å²) in [5, 5.41) is 0. The van der Waals surface area contributed by atoms with Gasteiger partial charge in [0.05, 0.1) is 0 Å². The van der Waals surface area contributed by atoms with Crippen molar-refractivity contribution in [2.45, 2.75) is 25.2 Å². The minimum absolute atomic E-state index is 0.0469. The van der Waals surface area contributed by atoms with Crippen molar-refractivity contribution in [1.29, 1.82) is 0 Å². The van der Waals surface area contributed by atoms with Crippen LogP contribution in [0, 0.1) is 5.41 Å². The van der Waals surface area contributed by atoms with E-state index in [-0.39, 0.29) is 18.1 Å². The van der Waals surface area contributed by atoms with Crippen LogP contribution in [-0.4, -0.2) is 18.1 Å². The molecule has 0 radical (unpaired) electrons. The minimum atomic E-state index is -5.48. The molecule has 23 heavy (non-hydrogen) atoms. The van der Waals surface area contributed by atoms with Crippen LogP contribution in [0.1, 0.15) is 12.0 Å². The first kappa shape index (κ1) is 17.3. The standard InChI is InChI=1S/C16H12F6O/c17-15(18,19)14(16(20,21)22)8-6-12(7-9-14)13(23)10-11-4-2-1-3-5-11/h1-8H,9-10H2. The highest BCUT2D eigenvalue weighted by atomic mass is 19.4. The Morgan fingerprint density at radius 2 is 1.57 bits per heavy atom. The van der Waals surface area contributed by atoms with Crippen molar-refractivity contribution in [3.8, 4) is 0 Å². The van der Waals surface area contributed by atoms with Crippen LogP contribution in [0.25, 0.3) is 0 Å². The molecule has 0 fully saturated rings. The number of hydrogen-bond acceptors (Lipinski definition) is 1. The van der Waals surface area contributed by atoms with Crippen LogP contribution >= 0.6 is 0 Å². The molecule has 0 unspecified atom stereocenters. The summed E-state index contributed by atoms with van der Waals surface area (Å²) in [6.45, 7) is 0. The number of Topliss-reactive ketones (excluding diaryl/α,β-unsaturated/α-hetero) is 1.